The van der Waals surface area contributed by atoms with Crippen LogP contribution in [0.25, 0.3) is 5.57 Å². The van der Waals surface area contributed by atoms with E-state index in [1.54, 1.807) is 0 Å². The van der Waals surface area contributed by atoms with Gasteiger partial charge in [0.15, 0.2) is 0 Å². The zero-order valence-electron chi connectivity index (χ0n) is 17.2. The fraction of sp³-hybridized carbons (Fsp3) is 0.750. The quantitative estimate of drug-likeness (QED) is 0.315. The van der Waals surface area contributed by atoms with Crippen molar-refractivity contribution in [3.05, 3.63) is 11.8 Å². The average molecular weight is 397 g/mol. The van der Waals surface area contributed by atoms with Crippen molar-refractivity contribution in [3.63, 3.8) is 0 Å². The maximum absolute atomic E-state index is 11.8. The predicted molar refractivity (Wildman–Crippen MR) is 109 cm³/mol. The molecule has 2 atom stereocenters. The first kappa shape index (κ1) is 21.8. The number of rotatable bonds is 11. The topological polar surface area (TPSA) is 61.3 Å². The van der Waals surface area contributed by atoms with E-state index in [1.165, 1.54) is 31.0 Å². The molecule has 0 fully saturated rings. The first-order valence-corrected chi connectivity index (χ1v) is 11.0. The second-order valence-corrected chi connectivity index (χ2v) is 7.94. The van der Waals surface area contributed by atoms with Gasteiger partial charge in [-0.2, -0.15) is 4.37 Å². The minimum Gasteiger partial charge on any atom is -0.475 e. The number of carbonyl (C=O) groups is 1. The molecule has 0 amide bonds. The summed E-state index contributed by atoms with van der Waals surface area (Å²) >= 11 is 1.20. The van der Waals surface area contributed by atoms with Crippen molar-refractivity contribution in [2.75, 3.05) is 26.7 Å². The fourth-order valence-electron chi connectivity index (χ4n) is 3.54. The molecule has 27 heavy (non-hydrogen) atoms. The first-order chi connectivity index (χ1) is 13.0. The number of likely N-dealkylation sites (N-methyl/N-ethyl adjacent to an activating group) is 1. The van der Waals surface area contributed by atoms with Gasteiger partial charge in [-0.15, -0.1) is 4.37 Å². The normalized spacial score (nSPS) is 20.8. The summed E-state index contributed by atoms with van der Waals surface area (Å²) in [5.74, 6) is 0.513. The summed E-state index contributed by atoms with van der Waals surface area (Å²) in [6, 6.07) is 0. The number of esters is 1. The van der Waals surface area contributed by atoms with Crippen molar-refractivity contribution < 1.29 is 18.8 Å². The van der Waals surface area contributed by atoms with E-state index in [1.807, 2.05) is 6.92 Å². The van der Waals surface area contributed by atoms with Crippen molar-refractivity contribution >= 4 is 23.3 Å². The first-order valence-electron chi connectivity index (χ1n) is 10.2. The van der Waals surface area contributed by atoms with Crippen LogP contribution in [0, 0.1) is 0 Å². The minimum atomic E-state index is -0.135. The van der Waals surface area contributed by atoms with E-state index in [4.69, 9.17) is 9.47 Å². The molecule has 1 aliphatic rings. The van der Waals surface area contributed by atoms with Crippen LogP contribution in [0.5, 0.6) is 5.88 Å². The minimum absolute atomic E-state index is 0.133. The molecule has 2 unspecified atom stereocenters. The van der Waals surface area contributed by atoms with Gasteiger partial charge in [0.05, 0.1) is 31.9 Å². The summed E-state index contributed by atoms with van der Waals surface area (Å²) in [6.07, 6.45) is 8.91. The lowest BCUT2D eigenvalue weighted by molar-refractivity contribution is -0.947. The Labute approximate surface area is 167 Å². The Balaban J connectivity index is 2.04. The van der Waals surface area contributed by atoms with E-state index in [0.29, 0.717) is 23.4 Å². The molecule has 7 heteroatoms. The SMILES string of the molecule is CCCCCCOc1nsnc1C1=CCC[N+](C)(C(CC)OC(=O)CC)C1. The molecule has 0 saturated carbocycles. The Morgan fingerprint density at radius 3 is 2.78 bits per heavy atom. The zero-order valence-corrected chi connectivity index (χ0v) is 18.0. The van der Waals surface area contributed by atoms with Crippen molar-refractivity contribution in [1.82, 2.24) is 8.75 Å². The second kappa shape index (κ2) is 10.8. The van der Waals surface area contributed by atoms with Crippen LogP contribution in [0.1, 0.15) is 71.4 Å². The van der Waals surface area contributed by atoms with Gasteiger partial charge in [-0.1, -0.05) is 46.1 Å². The van der Waals surface area contributed by atoms with Gasteiger partial charge in [0.1, 0.15) is 12.2 Å². The fourth-order valence-corrected chi connectivity index (χ4v) is 4.07. The van der Waals surface area contributed by atoms with Crippen LogP contribution in [0.4, 0.5) is 0 Å². The van der Waals surface area contributed by atoms with Crippen molar-refractivity contribution in [2.24, 2.45) is 0 Å². The predicted octanol–water partition coefficient (Wildman–Crippen LogP) is 4.42. The van der Waals surface area contributed by atoms with E-state index in [2.05, 4.69) is 35.7 Å². The van der Waals surface area contributed by atoms with Gasteiger partial charge < -0.3 is 9.47 Å². The highest BCUT2D eigenvalue weighted by molar-refractivity contribution is 6.99. The summed E-state index contributed by atoms with van der Waals surface area (Å²) in [5, 5.41) is 0. The Morgan fingerprint density at radius 1 is 1.26 bits per heavy atom. The highest BCUT2D eigenvalue weighted by atomic mass is 32.1. The second-order valence-electron chi connectivity index (χ2n) is 7.41. The number of unbranched alkanes of at least 4 members (excludes halogenated alkanes) is 3. The average Bonchev–Trinajstić information content (AvgIpc) is 3.14. The molecule has 1 aromatic heterocycles. The Bertz CT molecular complexity index is 632. The van der Waals surface area contributed by atoms with Gasteiger partial charge >= 0.3 is 5.97 Å². The maximum Gasteiger partial charge on any atom is 0.309 e. The lowest BCUT2D eigenvalue weighted by Gasteiger charge is -2.42. The van der Waals surface area contributed by atoms with Crippen molar-refractivity contribution in [2.45, 2.75) is 71.9 Å². The van der Waals surface area contributed by atoms with Crippen LogP contribution in [0.2, 0.25) is 0 Å². The Kier molecular flexibility index (Phi) is 8.70. The third-order valence-electron chi connectivity index (χ3n) is 5.16. The Hall–Kier alpha value is -1.47. The van der Waals surface area contributed by atoms with Crippen molar-refractivity contribution in [1.29, 1.82) is 0 Å². The molecule has 0 spiro atoms. The molecule has 2 heterocycles. The maximum atomic E-state index is 11.8. The van der Waals surface area contributed by atoms with Crippen LogP contribution in [-0.4, -0.2) is 52.2 Å². The van der Waals surface area contributed by atoms with Crippen LogP contribution in [-0.2, 0) is 9.53 Å². The van der Waals surface area contributed by atoms with E-state index >= 15 is 0 Å². The third kappa shape index (κ3) is 6.01. The summed E-state index contributed by atoms with van der Waals surface area (Å²) in [7, 11) is 2.16. The molecule has 0 N–H and O–H groups in total. The molecule has 0 saturated heterocycles. The lowest BCUT2D eigenvalue weighted by Crippen LogP contribution is -2.56. The van der Waals surface area contributed by atoms with Gasteiger partial charge in [-0.05, 0) is 6.42 Å². The van der Waals surface area contributed by atoms with Gasteiger partial charge in [-0.3, -0.25) is 9.28 Å². The molecule has 0 aromatic carbocycles. The van der Waals surface area contributed by atoms with E-state index in [0.717, 1.165) is 43.6 Å². The number of quaternary nitrogens is 1. The van der Waals surface area contributed by atoms with E-state index in [9.17, 15) is 4.79 Å². The molecule has 0 bridgehead atoms. The van der Waals surface area contributed by atoms with E-state index in [-0.39, 0.29) is 12.2 Å². The summed E-state index contributed by atoms with van der Waals surface area (Å²) in [4.78, 5) is 11.8. The van der Waals surface area contributed by atoms with Gasteiger partial charge in [-0.25, -0.2) is 0 Å². The van der Waals surface area contributed by atoms with Crippen molar-refractivity contribution in [3.8, 4) is 5.88 Å². The molecule has 1 aliphatic heterocycles. The van der Waals surface area contributed by atoms with Crippen LogP contribution in [0.15, 0.2) is 6.08 Å². The number of nitrogens with zero attached hydrogens (tertiary/aromatic N) is 3. The molecule has 6 nitrogen and oxygen atoms in total. The number of hydrogen-bond acceptors (Lipinski definition) is 6. The summed E-state index contributed by atoms with van der Waals surface area (Å²) < 4.78 is 21.2. The van der Waals surface area contributed by atoms with Gasteiger partial charge in [0.25, 0.3) is 5.88 Å². The standard InChI is InChI=1S/C20H34N3O3S/c1-5-8-9-10-14-25-20-19(21-27-22-20)16-12-11-13-23(4,15-16)17(6-2)26-18(24)7-3/h12,17H,5-11,13-15H2,1-4H3/q+1. The molecule has 0 aliphatic carbocycles. The van der Waals surface area contributed by atoms with E-state index < -0.39 is 0 Å². The van der Waals surface area contributed by atoms with Gasteiger partial charge in [0, 0.05) is 24.8 Å². The third-order valence-corrected chi connectivity index (χ3v) is 5.67. The molecule has 1 aromatic rings. The van der Waals surface area contributed by atoms with Crippen LogP contribution in [0.3, 0.4) is 0 Å². The largest absolute Gasteiger partial charge is 0.475 e. The van der Waals surface area contributed by atoms with Crippen LogP contribution >= 0.6 is 11.7 Å². The monoisotopic (exact) mass is 396 g/mol. The van der Waals surface area contributed by atoms with Crippen LogP contribution < -0.4 is 4.74 Å². The molecule has 0 radical (unpaired) electrons. The molecular formula is C20H34N3O3S+. The number of hydrogen-bond donors (Lipinski definition) is 0. The van der Waals surface area contributed by atoms with Gasteiger partial charge in [0.2, 0.25) is 6.23 Å². The summed E-state index contributed by atoms with van der Waals surface area (Å²) in [6.45, 7) is 8.52. The number of ether oxygens (including phenoxy) is 2. The zero-order chi connectivity index (χ0) is 19.7. The number of carbonyl (C=O) groups excluding carboxylic acids is 1. The smallest absolute Gasteiger partial charge is 0.309 e. The highest BCUT2D eigenvalue weighted by Crippen LogP contribution is 2.32. The molecule has 2 rings (SSSR count). The summed E-state index contributed by atoms with van der Waals surface area (Å²) in [5.41, 5.74) is 2.00. The Morgan fingerprint density at radius 2 is 2.07 bits per heavy atom. The lowest BCUT2D eigenvalue weighted by atomic mass is 10.0. The molecular weight excluding hydrogens is 362 g/mol. The number of aromatic nitrogens is 2. The molecule has 152 valence electrons. The highest BCUT2D eigenvalue weighted by Gasteiger charge is 2.38.